The lowest BCUT2D eigenvalue weighted by Crippen LogP contribution is -2.43. The largest absolute Gasteiger partial charge is 0.494 e. The van der Waals surface area contributed by atoms with E-state index in [0.717, 1.165) is 17.5 Å². The lowest BCUT2D eigenvalue weighted by atomic mass is 9.59. The maximum atomic E-state index is 14.9. The van der Waals surface area contributed by atoms with Gasteiger partial charge in [-0.3, -0.25) is 9.78 Å². The van der Waals surface area contributed by atoms with E-state index in [1.165, 1.54) is 25.6 Å². The standard InChI is InChI=1S/C28H27F2N3O2/c1-5-28(17-8-6-7-16(9-17)24-20(30)14-31-15-23(24)35-4)19-10-18(29)13-32-26(19)33-21-11-27(2,3)12-22(34)25(21)28/h6-10,13-15H,5,11-12H2,1-4H3,(H,32,33)/t28-/m0/s1. The molecule has 1 aromatic carbocycles. The molecule has 0 saturated heterocycles. The minimum atomic E-state index is -0.939. The molecular weight excluding hydrogens is 448 g/mol. The van der Waals surface area contributed by atoms with Gasteiger partial charge in [0.15, 0.2) is 11.6 Å². The predicted molar refractivity (Wildman–Crippen MR) is 130 cm³/mol. The molecule has 0 spiro atoms. The third-order valence-electron chi connectivity index (χ3n) is 7.14. The second-order valence-corrected chi connectivity index (χ2v) is 10.0. The molecule has 0 saturated carbocycles. The van der Waals surface area contributed by atoms with Crippen molar-refractivity contribution in [1.82, 2.24) is 9.97 Å². The fourth-order valence-electron chi connectivity index (χ4n) is 5.73. The maximum absolute atomic E-state index is 14.9. The summed E-state index contributed by atoms with van der Waals surface area (Å²) in [7, 11) is 1.47. The Morgan fingerprint density at radius 3 is 2.66 bits per heavy atom. The lowest BCUT2D eigenvalue weighted by molar-refractivity contribution is -0.118. The zero-order valence-electron chi connectivity index (χ0n) is 20.2. The van der Waals surface area contributed by atoms with Gasteiger partial charge in [-0.25, -0.2) is 13.8 Å². The van der Waals surface area contributed by atoms with Crippen LogP contribution < -0.4 is 10.1 Å². The van der Waals surface area contributed by atoms with Gasteiger partial charge < -0.3 is 10.1 Å². The number of aromatic nitrogens is 2. The van der Waals surface area contributed by atoms with Crippen LogP contribution in [-0.4, -0.2) is 22.9 Å². The van der Waals surface area contributed by atoms with E-state index in [0.29, 0.717) is 47.5 Å². The second-order valence-electron chi connectivity index (χ2n) is 10.0. The van der Waals surface area contributed by atoms with E-state index in [1.807, 2.05) is 25.1 Å². The molecule has 0 fully saturated rings. The summed E-state index contributed by atoms with van der Waals surface area (Å²) in [6, 6.07) is 8.85. The van der Waals surface area contributed by atoms with E-state index in [-0.39, 0.29) is 16.8 Å². The first-order valence-corrected chi connectivity index (χ1v) is 11.7. The number of rotatable bonds is 4. The molecule has 1 atom stereocenters. The Morgan fingerprint density at radius 2 is 1.91 bits per heavy atom. The average molecular weight is 476 g/mol. The number of hydrogen-bond donors (Lipinski definition) is 1. The minimum absolute atomic E-state index is 0.0265. The molecule has 3 heterocycles. The number of fused-ring (bicyclic) bond motifs is 1. The normalized spacial score (nSPS) is 20.7. The molecule has 1 N–H and O–H groups in total. The average Bonchev–Trinajstić information content (AvgIpc) is 2.82. The van der Waals surface area contributed by atoms with Gasteiger partial charge in [0.1, 0.15) is 17.4 Å². The van der Waals surface area contributed by atoms with Crippen molar-refractivity contribution < 1.29 is 18.3 Å². The highest BCUT2D eigenvalue weighted by molar-refractivity contribution is 6.03. The van der Waals surface area contributed by atoms with Crippen molar-refractivity contribution in [2.45, 2.75) is 45.4 Å². The van der Waals surface area contributed by atoms with Gasteiger partial charge in [0.2, 0.25) is 0 Å². The summed E-state index contributed by atoms with van der Waals surface area (Å²) in [6.45, 7) is 6.12. The van der Waals surface area contributed by atoms with Crippen LogP contribution in [0.3, 0.4) is 0 Å². The number of methoxy groups -OCH3 is 1. The van der Waals surface area contributed by atoms with E-state index in [4.69, 9.17) is 4.74 Å². The van der Waals surface area contributed by atoms with Crippen molar-refractivity contribution in [1.29, 1.82) is 0 Å². The van der Waals surface area contributed by atoms with Crippen molar-refractivity contribution in [2.24, 2.45) is 5.41 Å². The van der Waals surface area contributed by atoms with Gasteiger partial charge in [-0.05, 0) is 41.5 Å². The first-order valence-electron chi connectivity index (χ1n) is 11.7. The van der Waals surface area contributed by atoms with E-state index >= 15 is 0 Å². The Bertz CT molecular complexity index is 1380. The molecular formula is C28H27F2N3O2. The maximum Gasteiger partial charge on any atom is 0.162 e. The Kier molecular flexibility index (Phi) is 5.46. The molecule has 180 valence electrons. The Hall–Kier alpha value is -3.61. The fraction of sp³-hybridized carbons (Fsp3) is 0.321. The Balaban J connectivity index is 1.81. The number of halogens is 2. The molecule has 7 heteroatoms. The van der Waals surface area contributed by atoms with E-state index in [9.17, 15) is 13.6 Å². The fourth-order valence-corrected chi connectivity index (χ4v) is 5.73. The topological polar surface area (TPSA) is 64.1 Å². The van der Waals surface area contributed by atoms with Crippen molar-refractivity contribution in [2.75, 3.05) is 12.4 Å². The highest BCUT2D eigenvalue weighted by Crippen LogP contribution is 2.54. The summed E-state index contributed by atoms with van der Waals surface area (Å²) >= 11 is 0. The van der Waals surface area contributed by atoms with Crippen LogP contribution in [0.15, 0.2) is 60.2 Å². The Morgan fingerprint density at radius 1 is 1.11 bits per heavy atom. The third kappa shape index (κ3) is 3.61. The highest BCUT2D eigenvalue weighted by Gasteiger charge is 2.50. The van der Waals surface area contributed by atoms with Gasteiger partial charge in [0, 0.05) is 23.3 Å². The van der Waals surface area contributed by atoms with E-state index in [1.54, 1.807) is 6.07 Å². The zero-order valence-corrected chi connectivity index (χ0v) is 20.2. The molecule has 2 aromatic heterocycles. The molecule has 3 aromatic rings. The van der Waals surface area contributed by atoms with Crippen molar-refractivity contribution in [3.8, 4) is 16.9 Å². The number of anilines is 1. The van der Waals surface area contributed by atoms with Crippen LogP contribution >= 0.6 is 0 Å². The first kappa shape index (κ1) is 23.1. The minimum Gasteiger partial charge on any atom is -0.494 e. The predicted octanol–water partition coefficient (Wildman–Crippen LogP) is 6.20. The van der Waals surface area contributed by atoms with Crippen LogP contribution in [0.5, 0.6) is 5.75 Å². The smallest absolute Gasteiger partial charge is 0.162 e. The molecule has 5 nitrogen and oxygen atoms in total. The third-order valence-corrected chi connectivity index (χ3v) is 7.14. The van der Waals surface area contributed by atoms with E-state index in [2.05, 4.69) is 29.1 Å². The molecule has 0 radical (unpaired) electrons. The van der Waals surface area contributed by atoms with Crippen LogP contribution in [0.25, 0.3) is 11.1 Å². The summed E-state index contributed by atoms with van der Waals surface area (Å²) in [6.07, 6.45) is 5.35. The summed E-state index contributed by atoms with van der Waals surface area (Å²) in [4.78, 5) is 21.9. The van der Waals surface area contributed by atoms with Crippen LogP contribution in [-0.2, 0) is 10.2 Å². The Labute approximate surface area is 203 Å². The molecule has 2 aliphatic rings. The molecule has 0 unspecified atom stereocenters. The van der Waals surface area contributed by atoms with Gasteiger partial charge >= 0.3 is 0 Å². The molecule has 1 aliphatic heterocycles. The van der Waals surface area contributed by atoms with Gasteiger partial charge in [-0.1, -0.05) is 39.0 Å². The molecule has 0 amide bonds. The molecule has 1 aliphatic carbocycles. The number of ketones is 1. The van der Waals surface area contributed by atoms with Crippen LogP contribution in [0.2, 0.25) is 0 Å². The van der Waals surface area contributed by atoms with Crippen LogP contribution in [0.1, 0.15) is 51.2 Å². The lowest BCUT2D eigenvalue weighted by Gasteiger charge is -2.46. The second kappa shape index (κ2) is 8.26. The summed E-state index contributed by atoms with van der Waals surface area (Å²) < 4.78 is 34.9. The number of benzene rings is 1. The number of hydrogen-bond acceptors (Lipinski definition) is 5. The number of carbonyl (C=O) groups excluding carboxylic acids is 1. The quantitative estimate of drug-likeness (QED) is 0.487. The van der Waals surface area contributed by atoms with Gasteiger partial charge in [-0.2, -0.15) is 0 Å². The monoisotopic (exact) mass is 475 g/mol. The highest BCUT2D eigenvalue weighted by atomic mass is 19.1. The van der Waals surface area contributed by atoms with Crippen molar-refractivity contribution in [3.05, 3.63) is 83.0 Å². The summed E-state index contributed by atoms with van der Waals surface area (Å²) in [5, 5.41) is 3.34. The number of nitrogens with one attached hydrogen (secondary N) is 1. The van der Waals surface area contributed by atoms with Crippen LogP contribution in [0, 0.1) is 17.0 Å². The van der Waals surface area contributed by atoms with Crippen molar-refractivity contribution >= 4 is 11.6 Å². The summed E-state index contributed by atoms with van der Waals surface area (Å²) in [5.74, 6) is -0.120. The van der Waals surface area contributed by atoms with Crippen molar-refractivity contribution in [3.63, 3.8) is 0 Å². The number of pyridine rings is 2. The zero-order chi connectivity index (χ0) is 25.0. The molecule has 5 rings (SSSR count). The van der Waals surface area contributed by atoms with Gasteiger partial charge in [0.25, 0.3) is 0 Å². The first-order chi connectivity index (χ1) is 16.7. The number of Topliss-reactive ketones (excluding diaryl/α,β-unsaturated/α-hetero) is 1. The SMILES string of the molecule is CC[C@@]1(c2cccc(-c3c(F)cncc3OC)c2)C2=C(CC(C)(C)CC2=O)Nc2ncc(F)cc21. The molecule has 35 heavy (non-hydrogen) atoms. The van der Waals surface area contributed by atoms with Gasteiger partial charge in [-0.15, -0.1) is 0 Å². The van der Waals surface area contributed by atoms with Gasteiger partial charge in [0.05, 0.1) is 36.7 Å². The number of allylic oxidation sites excluding steroid dienone is 2. The summed E-state index contributed by atoms with van der Waals surface area (Å²) in [5.41, 5.74) is 2.55. The number of ether oxygens (including phenoxy) is 1. The van der Waals surface area contributed by atoms with E-state index < -0.39 is 17.0 Å². The number of carbonyl (C=O) groups is 1. The number of nitrogens with zero attached hydrogens (tertiary/aromatic N) is 2. The van der Waals surface area contributed by atoms with Crippen LogP contribution in [0.4, 0.5) is 14.6 Å². The molecule has 0 bridgehead atoms.